The topological polar surface area (TPSA) is 79.3 Å². The molecule has 2 heterocycles. The second kappa shape index (κ2) is 5.18. The lowest BCUT2D eigenvalue weighted by atomic mass is 10.2. The number of aromatic nitrogens is 1. The minimum Gasteiger partial charge on any atom is -0.478 e. The third-order valence-corrected chi connectivity index (χ3v) is 3.67. The van der Waals surface area contributed by atoms with E-state index in [0.29, 0.717) is 0 Å². The van der Waals surface area contributed by atoms with Gasteiger partial charge in [-0.05, 0) is 24.3 Å². The van der Waals surface area contributed by atoms with Gasteiger partial charge in [0.15, 0.2) is 0 Å². The molecule has 0 radical (unpaired) electrons. The number of thioether (sulfide) groups is 1. The first kappa shape index (κ1) is 11.9. The summed E-state index contributed by atoms with van der Waals surface area (Å²) in [7, 11) is 0. The van der Waals surface area contributed by atoms with Crippen LogP contribution in [0.3, 0.4) is 0 Å². The highest BCUT2D eigenvalue weighted by atomic mass is 32.2. The summed E-state index contributed by atoms with van der Waals surface area (Å²) in [5.74, 6) is 0.709. The first-order chi connectivity index (χ1) is 8.16. The summed E-state index contributed by atoms with van der Waals surface area (Å²) in [6.07, 6.45) is 2.17. The number of pyridine rings is 1. The zero-order valence-electron chi connectivity index (χ0n) is 9.05. The Morgan fingerprint density at radius 2 is 2.29 bits per heavy atom. The van der Waals surface area contributed by atoms with Crippen molar-refractivity contribution >= 4 is 23.6 Å². The summed E-state index contributed by atoms with van der Waals surface area (Å²) < 4.78 is 0. The zero-order valence-corrected chi connectivity index (χ0v) is 9.87. The van der Waals surface area contributed by atoms with Crippen molar-refractivity contribution in [1.29, 1.82) is 0 Å². The number of aromatic carboxylic acids is 1. The maximum Gasteiger partial charge on any atom is 0.337 e. The molecular weight excluding hydrogens is 240 g/mol. The van der Waals surface area contributed by atoms with E-state index >= 15 is 0 Å². The lowest BCUT2D eigenvalue weighted by Crippen LogP contribution is -2.35. The van der Waals surface area contributed by atoms with Gasteiger partial charge in [-0.2, -0.15) is 11.8 Å². The quantitative estimate of drug-likeness (QED) is 0.839. The molecular formula is C11H12N2O3S. The van der Waals surface area contributed by atoms with Crippen LogP contribution in [0.2, 0.25) is 0 Å². The first-order valence-corrected chi connectivity index (χ1v) is 6.40. The Kier molecular flexibility index (Phi) is 3.63. The van der Waals surface area contributed by atoms with Crippen LogP contribution in [0.1, 0.15) is 27.3 Å². The Bertz CT molecular complexity index is 427. The normalized spacial score (nSPS) is 18.9. The highest BCUT2D eigenvalue weighted by molar-refractivity contribution is 7.99. The van der Waals surface area contributed by atoms with E-state index < -0.39 is 5.97 Å². The van der Waals surface area contributed by atoms with Crippen molar-refractivity contribution in [2.75, 3.05) is 11.5 Å². The van der Waals surface area contributed by atoms with Crippen LogP contribution in [0.5, 0.6) is 0 Å². The molecule has 5 nitrogen and oxygen atoms in total. The van der Waals surface area contributed by atoms with Gasteiger partial charge in [0.05, 0.1) is 5.56 Å². The fourth-order valence-corrected chi connectivity index (χ4v) is 2.71. The molecule has 1 fully saturated rings. The van der Waals surface area contributed by atoms with Crippen LogP contribution >= 0.6 is 11.8 Å². The molecule has 0 aliphatic carbocycles. The zero-order chi connectivity index (χ0) is 12.3. The highest BCUT2D eigenvalue weighted by Crippen LogP contribution is 2.17. The average Bonchev–Trinajstić information content (AvgIpc) is 2.82. The monoisotopic (exact) mass is 252 g/mol. The number of amides is 1. The van der Waals surface area contributed by atoms with Gasteiger partial charge in [-0.15, -0.1) is 0 Å². The summed E-state index contributed by atoms with van der Waals surface area (Å²) in [4.78, 5) is 26.2. The Morgan fingerprint density at radius 1 is 1.47 bits per heavy atom. The molecule has 1 saturated heterocycles. The van der Waals surface area contributed by atoms with Crippen LogP contribution in [0.15, 0.2) is 18.3 Å². The molecule has 6 heteroatoms. The third-order valence-electron chi connectivity index (χ3n) is 2.51. The number of rotatable bonds is 3. The minimum atomic E-state index is -1.04. The summed E-state index contributed by atoms with van der Waals surface area (Å²) in [5, 5.41) is 11.6. The van der Waals surface area contributed by atoms with Gasteiger partial charge in [-0.25, -0.2) is 4.79 Å². The second-order valence-electron chi connectivity index (χ2n) is 3.77. The van der Waals surface area contributed by atoms with E-state index in [1.54, 1.807) is 0 Å². The van der Waals surface area contributed by atoms with Gasteiger partial charge in [-0.3, -0.25) is 9.78 Å². The van der Waals surface area contributed by atoms with Gasteiger partial charge in [0, 0.05) is 18.0 Å². The molecule has 0 bridgehead atoms. The van der Waals surface area contributed by atoms with Crippen LogP contribution in [-0.4, -0.2) is 39.5 Å². The van der Waals surface area contributed by atoms with E-state index in [0.717, 1.165) is 17.9 Å². The van der Waals surface area contributed by atoms with Crippen LogP contribution in [0.4, 0.5) is 0 Å². The molecule has 1 aliphatic rings. The van der Waals surface area contributed by atoms with E-state index in [2.05, 4.69) is 10.3 Å². The van der Waals surface area contributed by atoms with Crippen molar-refractivity contribution in [3.05, 3.63) is 29.6 Å². The molecule has 0 aromatic carbocycles. The maximum absolute atomic E-state index is 11.8. The molecule has 1 aliphatic heterocycles. The Hall–Kier alpha value is -1.56. The summed E-state index contributed by atoms with van der Waals surface area (Å²) in [5.41, 5.74) is 0.338. The van der Waals surface area contributed by atoms with Crippen LogP contribution in [0.25, 0.3) is 0 Å². The van der Waals surface area contributed by atoms with E-state index in [1.807, 2.05) is 11.8 Å². The number of hydrogen-bond acceptors (Lipinski definition) is 4. The van der Waals surface area contributed by atoms with Crippen molar-refractivity contribution in [2.45, 2.75) is 12.5 Å². The highest BCUT2D eigenvalue weighted by Gasteiger charge is 2.19. The largest absolute Gasteiger partial charge is 0.478 e. The van der Waals surface area contributed by atoms with E-state index in [-0.39, 0.29) is 23.2 Å². The molecule has 17 heavy (non-hydrogen) atoms. The van der Waals surface area contributed by atoms with Crippen LogP contribution in [0, 0.1) is 0 Å². The third kappa shape index (κ3) is 2.97. The molecule has 1 aromatic heterocycles. The van der Waals surface area contributed by atoms with Gasteiger partial charge in [0.2, 0.25) is 0 Å². The molecule has 90 valence electrons. The van der Waals surface area contributed by atoms with Crippen LogP contribution in [-0.2, 0) is 0 Å². The fourth-order valence-electron chi connectivity index (χ4n) is 1.56. The summed E-state index contributed by atoms with van der Waals surface area (Å²) in [6.45, 7) is 0. The summed E-state index contributed by atoms with van der Waals surface area (Å²) >= 11 is 1.81. The second-order valence-corrected chi connectivity index (χ2v) is 4.92. The smallest absolute Gasteiger partial charge is 0.337 e. The molecule has 1 unspecified atom stereocenters. The van der Waals surface area contributed by atoms with Gasteiger partial charge in [0.25, 0.3) is 5.91 Å². The van der Waals surface area contributed by atoms with E-state index in [4.69, 9.17) is 5.11 Å². The predicted octanol–water partition coefficient (Wildman–Crippen LogP) is 1.02. The van der Waals surface area contributed by atoms with Gasteiger partial charge >= 0.3 is 5.97 Å². The van der Waals surface area contributed by atoms with E-state index in [1.165, 1.54) is 18.3 Å². The number of hydrogen-bond donors (Lipinski definition) is 2. The molecule has 2 N–H and O–H groups in total. The van der Waals surface area contributed by atoms with Crippen molar-refractivity contribution in [3.63, 3.8) is 0 Å². The van der Waals surface area contributed by atoms with Crippen molar-refractivity contribution in [1.82, 2.24) is 10.3 Å². The standard InChI is InChI=1S/C11H12N2O3S/c14-10(13-8-3-4-17-6-8)9-2-1-7(5-12-9)11(15)16/h1-2,5,8H,3-4,6H2,(H,13,14)(H,15,16). The van der Waals surface area contributed by atoms with Crippen LogP contribution < -0.4 is 5.32 Å². The molecule has 0 spiro atoms. The minimum absolute atomic E-state index is 0.0815. The average molecular weight is 252 g/mol. The first-order valence-electron chi connectivity index (χ1n) is 5.25. The van der Waals surface area contributed by atoms with Crippen molar-refractivity contribution in [2.24, 2.45) is 0 Å². The number of carboxylic acid groups (broad SMARTS) is 1. The Morgan fingerprint density at radius 3 is 2.82 bits per heavy atom. The van der Waals surface area contributed by atoms with Gasteiger partial charge in [0.1, 0.15) is 5.69 Å². The molecule has 1 amide bonds. The van der Waals surface area contributed by atoms with Gasteiger partial charge in [-0.1, -0.05) is 0 Å². The Labute approximate surface area is 103 Å². The van der Waals surface area contributed by atoms with Gasteiger partial charge < -0.3 is 10.4 Å². The molecule has 0 saturated carbocycles. The molecule has 1 aromatic rings. The number of carboxylic acids is 1. The number of nitrogens with one attached hydrogen (secondary N) is 1. The fraction of sp³-hybridized carbons (Fsp3) is 0.364. The lowest BCUT2D eigenvalue weighted by Gasteiger charge is -2.10. The SMILES string of the molecule is O=C(O)c1ccc(C(=O)NC2CCSC2)nc1. The lowest BCUT2D eigenvalue weighted by molar-refractivity contribution is 0.0695. The number of nitrogens with zero attached hydrogens (tertiary/aromatic N) is 1. The maximum atomic E-state index is 11.8. The molecule has 2 rings (SSSR count). The van der Waals surface area contributed by atoms with Crippen molar-refractivity contribution < 1.29 is 14.7 Å². The van der Waals surface area contributed by atoms with Crippen molar-refractivity contribution in [3.8, 4) is 0 Å². The number of carbonyl (C=O) groups excluding carboxylic acids is 1. The predicted molar refractivity (Wildman–Crippen MR) is 64.4 cm³/mol. The van der Waals surface area contributed by atoms with E-state index in [9.17, 15) is 9.59 Å². The molecule has 1 atom stereocenters. The number of carbonyl (C=O) groups is 2. The Balaban J connectivity index is 2.01. The summed E-state index contributed by atoms with van der Waals surface area (Å²) in [6, 6.07) is 3.02.